The van der Waals surface area contributed by atoms with Crippen LogP contribution in [0.3, 0.4) is 0 Å². The van der Waals surface area contributed by atoms with Crippen molar-refractivity contribution in [2.45, 2.75) is 25.4 Å². The molecule has 21 heavy (non-hydrogen) atoms. The van der Waals surface area contributed by atoms with E-state index >= 15 is 0 Å². The summed E-state index contributed by atoms with van der Waals surface area (Å²) in [5.41, 5.74) is 0. The molecule has 2 aliphatic heterocycles. The van der Waals surface area contributed by atoms with Crippen molar-refractivity contribution >= 4 is 33.4 Å². The van der Waals surface area contributed by atoms with Crippen LogP contribution in [0.4, 0.5) is 0 Å². The fraction of sp³-hybridized carbons (Fsp3) is 0.833. The number of thioether (sulfide) groups is 1. The summed E-state index contributed by atoms with van der Waals surface area (Å²) in [7, 11) is -3.01. The quantitative estimate of drug-likeness (QED) is 0.655. The maximum absolute atomic E-state index is 12.2. The number of hydrogen-bond acceptors (Lipinski definition) is 6. The van der Waals surface area contributed by atoms with Gasteiger partial charge in [0.05, 0.1) is 24.1 Å². The van der Waals surface area contributed by atoms with Crippen molar-refractivity contribution in [3.05, 3.63) is 0 Å². The molecule has 2 amide bonds. The van der Waals surface area contributed by atoms with Gasteiger partial charge in [-0.05, 0) is 13.3 Å². The van der Waals surface area contributed by atoms with Crippen LogP contribution in [0.2, 0.25) is 0 Å². The first-order valence-corrected chi connectivity index (χ1v) is 9.98. The molecular weight excluding hydrogens is 314 g/mol. The lowest BCUT2D eigenvalue weighted by Gasteiger charge is -2.24. The van der Waals surface area contributed by atoms with Gasteiger partial charge in [0.15, 0.2) is 9.84 Å². The predicted octanol–water partition coefficient (Wildman–Crippen LogP) is -1.20. The normalized spacial score (nSPS) is 27.5. The van der Waals surface area contributed by atoms with Crippen molar-refractivity contribution in [3.63, 3.8) is 0 Å². The Bertz CT molecular complexity index is 503. The summed E-state index contributed by atoms with van der Waals surface area (Å²) in [6.45, 7) is 2.26. The molecule has 7 nitrogen and oxygen atoms in total. The summed E-state index contributed by atoms with van der Waals surface area (Å²) in [6.07, 6.45) is 0.453. The second-order valence-corrected chi connectivity index (χ2v) is 8.55. The number of rotatable bonds is 5. The van der Waals surface area contributed by atoms with Gasteiger partial charge in [-0.2, -0.15) is 0 Å². The smallest absolute Gasteiger partial charge is 0.241 e. The van der Waals surface area contributed by atoms with Gasteiger partial charge in [0.2, 0.25) is 11.8 Å². The highest BCUT2D eigenvalue weighted by molar-refractivity contribution is 7.99. The van der Waals surface area contributed by atoms with Gasteiger partial charge in [-0.3, -0.25) is 14.9 Å². The van der Waals surface area contributed by atoms with Crippen LogP contribution in [0.15, 0.2) is 0 Å². The number of carbonyl (C=O) groups excluding carboxylic acids is 2. The summed E-state index contributed by atoms with van der Waals surface area (Å²) in [5, 5.41) is 5.80. The first-order chi connectivity index (χ1) is 9.91. The lowest BCUT2D eigenvalue weighted by molar-refractivity contribution is -0.137. The average Bonchev–Trinajstić information content (AvgIpc) is 3.05. The number of carbonyl (C=O) groups is 2. The van der Waals surface area contributed by atoms with Crippen LogP contribution in [-0.2, 0) is 19.4 Å². The number of sulfone groups is 1. The third-order valence-electron chi connectivity index (χ3n) is 3.64. The molecule has 2 rings (SSSR count). The Morgan fingerprint density at radius 1 is 1.43 bits per heavy atom. The molecule has 0 aliphatic carbocycles. The van der Waals surface area contributed by atoms with E-state index in [0.717, 1.165) is 11.6 Å². The molecule has 120 valence electrons. The van der Waals surface area contributed by atoms with Gasteiger partial charge < -0.3 is 10.2 Å². The SMILES string of the molecule is CCN(CC(=O)NC1CCS(=O)(=O)C1)C(=O)[C@H]1CSCN1. The van der Waals surface area contributed by atoms with Gasteiger partial charge in [-0.25, -0.2) is 8.42 Å². The lowest BCUT2D eigenvalue weighted by atomic mass is 10.2. The number of likely N-dealkylation sites (N-methyl/N-ethyl adjacent to an activating group) is 1. The van der Waals surface area contributed by atoms with Gasteiger partial charge in [0.1, 0.15) is 0 Å². The largest absolute Gasteiger partial charge is 0.351 e. The average molecular weight is 335 g/mol. The van der Waals surface area contributed by atoms with E-state index in [1.54, 1.807) is 11.8 Å². The molecule has 0 aromatic carbocycles. The molecule has 1 unspecified atom stereocenters. The van der Waals surface area contributed by atoms with E-state index in [9.17, 15) is 18.0 Å². The van der Waals surface area contributed by atoms with Crippen LogP contribution in [-0.4, -0.2) is 73.4 Å². The van der Waals surface area contributed by atoms with Crippen LogP contribution in [0.25, 0.3) is 0 Å². The zero-order valence-corrected chi connectivity index (χ0v) is 13.6. The highest BCUT2D eigenvalue weighted by Crippen LogP contribution is 2.13. The fourth-order valence-electron chi connectivity index (χ4n) is 2.48. The molecule has 2 fully saturated rings. The van der Waals surface area contributed by atoms with E-state index in [-0.39, 0.29) is 41.9 Å². The Morgan fingerprint density at radius 2 is 2.19 bits per heavy atom. The van der Waals surface area contributed by atoms with Crippen molar-refractivity contribution in [3.8, 4) is 0 Å². The summed E-state index contributed by atoms with van der Waals surface area (Å²) < 4.78 is 22.7. The third kappa shape index (κ3) is 4.58. The molecule has 9 heteroatoms. The molecule has 2 heterocycles. The van der Waals surface area contributed by atoms with Crippen LogP contribution in [0.1, 0.15) is 13.3 Å². The summed E-state index contributed by atoms with van der Waals surface area (Å²) in [6, 6.07) is -0.550. The number of amides is 2. The highest BCUT2D eigenvalue weighted by Gasteiger charge is 2.31. The van der Waals surface area contributed by atoms with E-state index in [0.29, 0.717) is 13.0 Å². The third-order valence-corrected chi connectivity index (χ3v) is 6.35. The zero-order valence-electron chi connectivity index (χ0n) is 12.0. The van der Waals surface area contributed by atoms with E-state index in [1.807, 2.05) is 6.92 Å². The maximum atomic E-state index is 12.2. The van der Waals surface area contributed by atoms with E-state index in [4.69, 9.17) is 0 Å². The minimum atomic E-state index is -3.01. The number of hydrogen-bond donors (Lipinski definition) is 2. The molecule has 0 aromatic heterocycles. The molecule has 0 bridgehead atoms. The van der Waals surface area contributed by atoms with Gasteiger partial charge in [-0.15, -0.1) is 11.8 Å². The van der Waals surface area contributed by atoms with Crippen LogP contribution >= 0.6 is 11.8 Å². The van der Waals surface area contributed by atoms with E-state index < -0.39 is 9.84 Å². The molecule has 2 aliphatic rings. The summed E-state index contributed by atoms with van der Waals surface area (Å²) in [5.74, 6) is 1.23. The zero-order chi connectivity index (χ0) is 15.5. The molecule has 0 aromatic rings. The summed E-state index contributed by atoms with van der Waals surface area (Å²) in [4.78, 5) is 25.7. The number of nitrogens with one attached hydrogen (secondary N) is 2. The van der Waals surface area contributed by atoms with Crippen LogP contribution in [0.5, 0.6) is 0 Å². The maximum Gasteiger partial charge on any atom is 0.241 e. The Labute approximate surface area is 129 Å². The first kappa shape index (κ1) is 16.6. The molecule has 2 atom stereocenters. The second kappa shape index (κ2) is 6.97. The van der Waals surface area contributed by atoms with Crippen molar-refractivity contribution in [1.82, 2.24) is 15.5 Å². The molecule has 0 saturated carbocycles. The Morgan fingerprint density at radius 3 is 2.71 bits per heavy atom. The van der Waals surface area contributed by atoms with E-state index in [1.165, 1.54) is 4.90 Å². The number of nitrogens with zero attached hydrogens (tertiary/aromatic N) is 1. The predicted molar refractivity (Wildman–Crippen MR) is 81.7 cm³/mol. The molecule has 2 saturated heterocycles. The van der Waals surface area contributed by atoms with Crippen molar-refractivity contribution in [2.24, 2.45) is 0 Å². The van der Waals surface area contributed by atoms with Crippen LogP contribution in [0, 0.1) is 0 Å². The topological polar surface area (TPSA) is 95.6 Å². The molecule has 0 spiro atoms. The van der Waals surface area contributed by atoms with E-state index in [2.05, 4.69) is 10.6 Å². The van der Waals surface area contributed by atoms with Crippen LogP contribution < -0.4 is 10.6 Å². The van der Waals surface area contributed by atoms with Gasteiger partial charge in [-0.1, -0.05) is 0 Å². The Hall–Kier alpha value is -0.800. The van der Waals surface area contributed by atoms with Gasteiger partial charge in [0, 0.05) is 24.2 Å². The fourth-order valence-corrected chi connectivity index (χ4v) is 5.08. The Kier molecular flexibility index (Phi) is 5.50. The highest BCUT2D eigenvalue weighted by atomic mass is 32.2. The lowest BCUT2D eigenvalue weighted by Crippen LogP contribution is -2.49. The first-order valence-electron chi connectivity index (χ1n) is 7.01. The monoisotopic (exact) mass is 335 g/mol. The Balaban J connectivity index is 1.83. The van der Waals surface area contributed by atoms with Crippen molar-refractivity contribution in [1.29, 1.82) is 0 Å². The minimum absolute atomic E-state index is 0.000365. The minimum Gasteiger partial charge on any atom is -0.351 e. The van der Waals surface area contributed by atoms with Gasteiger partial charge >= 0.3 is 0 Å². The second-order valence-electron chi connectivity index (χ2n) is 5.29. The molecule has 2 N–H and O–H groups in total. The molecule has 0 radical (unpaired) electrons. The van der Waals surface area contributed by atoms with Crippen molar-refractivity contribution < 1.29 is 18.0 Å². The molecular formula is C12H21N3O4S2. The van der Waals surface area contributed by atoms with Gasteiger partial charge in [0.25, 0.3) is 0 Å². The summed E-state index contributed by atoms with van der Waals surface area (Å²) >= 11 is 1.66. The van der Waals surface area contributed by atoms with Crippen molar-refractivity contribution in [2.75, 3.05) is 36.2 Å². The standard InChI is InChI=1S/C12H21N3O4S2/c1-2-15(12(17)10-6-20-8-13-10)5-11(16)14-9-3-4-21(18,19)7-9/h9-10,13H,2-8H2,1H3,(H,14,16)/t9?,10-/m1/s1.